The van der Waals surface area contributed by atoms with Gasteiger partial charge in [-0.05, 0) is 62.4 Å². The van der Waals surface area contributed by atoms with E-state index in [4.69, 9.17) is 4.74 Å². The van der Waals surface area contributed by atoms with Gasteiger partial charge < -0.3 is 9.30 Å². The van der Waals surface area contributed by atoms with Crippen LogP contribution in [0.25, 0.3) is 0 Å². The summed E-state index contributed by atoms with van der Waals surface area (Å²) in [5, 5.41) is 4.43. The summed E-state index contributed by atoms with van der Waals surface area (Å²) in [7, 11) is 0. The number of benzene rings is 1. The number of esters is 1. The van der Waals surface area contributed by atoms with Crippen LogP contribution in [0.15, 0.2) is 47.2 Å². The molecule has 1 aromatic carbocycles. The number of nitrogens with zero attached hydrogens (tertiary/aromatic N) is 3. The Labute approximate surface area is 207 Å². The van der Waals surface area contributed by atoms with Crippen molar-refractivity contribution in [1.82, 2.24) is 9.55 Å². The highest BCUT2D eigenvalue weighted by Crippen LogP contribution is 2.32. The van der Waals surface area contributed by atoms with Crippen molar-refractivity contribution < 1.29 is 14.3 Å². The summed E-state index contributed by atoms with van der Waals surface area (Å²) >= 11 is 3.05. The van der Waals surface area contributed by atoms with Crippen LogP contribution in [0.1, 0.15) is 50.4 Å². The van der Waals surface area contributed by atoms with Crippen molar-refractivity contribution in [2.75, 3.05) is 4.90 Å². The molecule has 4 aromatic rings. The fourth-order valence-corrected chi connectivity index (χ4v) is 5.43. The van der Waals surface area contributed by atoms with Crippen molar-refractivity contribution in [3.05, 3.63) is 85.8 Å². The summed E-state index contributed by atoms with van der Waals surface area (Å²) in [6.45, 7) is 10.2. The van der Waals surface area contributed by atoms with Gasteiger partial charge in [-0.25, -0.2) is 9.78 Å². The first-order valence-corrected chi connectivity index (χ1v) is 12.7. The number of carbonyl (C=O) groups excluding carboxylic acids is 2. The highest BCUT2D eigenvalue weighted by atomic mass is 32.1. The molecule has 176 valence electrons. The van der Waals surface area contributed by atoms with E-state index in [0.717, 1.165) is 34.7 Å². The van der Waals surface area contributed by atoms with Crippen LogP contribution in [-0.2, 0) is 22.7 Å². The topological polar surface area (TPSA) is 64.4 Å². The van der Waals surface area contributed by atoms with Crippen LogP contribution in [0.4, 0.5) is 10.8 Å². The first-order valence-electron chi connectivity index (χ1n) is 10.9. The molecular formula is C26H27N3O3S2. The summed E-state index contributed by atoms with van der Waals surface area (Å²) in [6.07, 6.45) is 0. The van der Waals surface area contributed by atoms with Gasteiger partial charge in [0.2, 0.25) is 5.91 Å². The van der Waals surface area contributed by atoms with E-state index in [1.165, 1.54) is 23.1 Å². The monoisotopic (exact) mass is 493 g/mol. The summed E-state index contributed by atoms with van der Waals surface area (Å²) < 4.78 is 7.71. The molecule has 8 heteroatoms. The Kier molecular flexibility index (Phi) is 7.00. The van der Waals surface area contributed by atoms with E-state index in [1.807, 2.05) is 68.8 Å². The van der Waals surface area contributed by atoms with Crippen LogP contribution in [0, 0.1) is 27.7 Å². The van der Waals surface area contributed by atoms with E-state index in [-0.39, 0.29) is 18.5 Å². The molecular weight excluding hydrogens is 466 g/mol. The third-order valence-electron chi connectivity index (χ3n) is 5.90. The van der Waals surface area contributed by atoms with E-state index in [1.54, 1.807) is 16.2 Å². The number of carbonyl (C=O) groups is 2. The smallest absolute Gasteiger partial charge is 0.340 e. The van der Waals surface area contributed by atoms with E-state index in [9.17, 15) is 9.59 Å². The van der Waals surface area contributed by atoms with Crippen molar-refractivity contribution in [2.24, 2.45) is 0 Å². The number of amides is 1. The number of hydrogen-bond acceptors (Lipinski definition) is 6. The zero-order valence-electron chi connectivity index (χ0n) is 19.9. The van der Waals surface area contributed by atoms with Crippen molar-refractivity contribution >= 4 is 45.4 Å². The molecule has 0 atom stereocenters. The second kappa shape index (κ2) is 9.95. The van der Waals surface area contributed by atoms with Gasteiger partial charge >= 0.3 is 5.97 Å². The van der Waals surface area contributed by atoms with Gasteiger partial charge in [-0.15, -0.1) is 22.7 Å². The van der Waals surface area contributed by atoms with Gasteiger partial charge in [-0.2, -0.15) is 0 Å². The lowest BCUT2D eigenvalue weighted by atomic mass is 10.1. The Morgan fingerprint density at radius 1 is 1.09 bits per heavy atom. The van der Waals surface area contributed by atoms with Crippen LogP contribution < -0.4 is 4.90 Å². The quantitative estimate of drug-likeness (QED) is 0.282. The number of rotatable bonds is 7. The Hall–Kier alpha value is -3.23. The Bertz CT molecular complexity index is 1340. The zero-order valence-corrected chi connectivity index (χ0v) is 21.5. The van der Waals surface area contributed by atoms with Gasteiger partial charge in [-0.1, -0.05) is 18.2 Å². The lowest BCUT2D eigenvalue weighted by molar-refractivity contribution is -0.115. The molecule has 0 aliphatic carbocycles. The molecule has 1 amide bonds. The van der Waals surface area contributed by atoms with E-state index in [0.29, 0.717) is 16.4 Å². The lowest BCUT2D eigenvalue weighted by Crippen LogP contribution is -2.23. The second-order valence-electron chi connectivity index (χ2n) is 8.22. The van der Waals surface area contributed by atoms with Gasteiger partial charge in [0, 0.05) is 28.6 Å². The average molecular weight is 494 g/mol. The molecule has 0 bridgehead atoms. The molecule has 6 nitrogen and oxygen atoms in total. The number of thiazole rings is 1. The van der Waals surface area contributed by atoms with E-state index >= 15 is 0 Å². The number of aromatic nitrogens is 2. The molecule has 0 N–H and O–H groups in total. The summed E-state index contributed by atoms with van der Waals surface area (Å²) in [5.41, 5.74) is 6.00. The minimum atomic E-state index is -0.377. The number of ether oxygens (including phenoxy) is 1. The number of thiophene rings is 1. The number of aryl methyl sites for hydroxylation is 2. The number of hydrogen-bond donors (Lipinski definition) is 0. The molecule has 34 heavy (non-hydrogen) atoms. The molecule has 3 heterocycles. The first kappa shape index (κ1) is 23.9. The highest BCUT2D eigenvalue weighted by Gasteiger charge is 2.22. The molecule has 0 aliphatic rings. The van der Waals surface area contributed by atoms with Gasteiger partial charge in [0.05, 0.1) is 23.5 Å². The zero-order chi connectivity index (χ0) is 24.4. The molecule has 0 radical (unpaired) electrons. The Balaban J connectivity index is 1.48. The SMILES string of the molecule is CC(=O)N(c1nc(COC(=O)c2cc(C)n(Cc3cccs3)c2C)cs1)c1cccc(C)c1C. The summed E-state index contributed by atoms with van der Waals surface area (Å²) in [5.74, 6) is -0.497. The van der Waals surface area contributed by atoms with Gasteiger partial charge in [0.15, 0.2) is 5.13 Å². The van der Waals surface area contributed by atoms with Crippen LogP contribution in [0.3, 0.4) is 0 Å². The highest BCUT2D eigenvalue weighted by molar-refractivity contribution is 7.14. The number of anilines is 2. The minimum absolute atomic E-state index is 0.0441. The van der Waals surface area contributed by atoms with Gasteiger partial charge in [0.25, 0.3) is 0 Å². The third kappa shape index (κ3) is 4.83. The van der Waals surface area contributed by atoms with E-state index < -0.39 is 0 Å². The molecule has 3 aromatic heterocycles. The average Bonchev–Trinajstić information content (AvgIpc) is 3.53. The second-order valence-corrected chi connectivity index (χ2v) is 10.1. The molecule has 0 unspecified atom stereocenters. The largest absolute Gasteiger partial charge is 0.455 e. The van der Waals surface area contributed by atoms with Crippen molar-refractivity contribution in [3.8, 4) is 0 Å². The predicted octanol–water partition coefficient (Wildman–Crippen LogP) is 6.33. The van der Waals surface area contributed by atoms with Gasteiger partial charge in [0.1, 0.15) is 6.61 Å². The maximum absolute atomic E-state index is 12.8. The minimum Gasteiger partial charge on any atom is -0.455 e. The van der Waals surface area contributed by atoms with Crippen LogP contribution in [0.2, 0.25) is 0 Å². The van der Waals surface area contributed by atoms with Crippen LogP contribution in [-0.4, -0.2) is 21.4 Å². The maximum Gasteiger partial charge on any atom is 0.340 e. The van der Waals surface area contributed by atoms with Crippen molar-refractivity contribution in [3.63, 3.8) is 0 Å². The molecule has 0 spiro atoms. The molecule has 4 rings (SSSR count). The standard InChI is InChI=1S/C26H27N3O3S2/c1-16-8-6-10-24(18(16)3)29(20(5)30)26-27-21(15-34-26)14-32-25(31)23-12-17(2)28(19(23)4)13-22-9-7-11-33-22/h6-12,15H,13-14H2,1-5H3. The van der Waals surface area contributed by atoms with Crippen LogP contribution in [0.5, 0.6) is 0 Å². The lowest BCUT2D eigenvalue weighted by Gasteiger charge is -2.21. The van der Waals surface area contributed by atoms with Crippen molar-refractivity contribution in [2.45, 2.75) is 47.8 Å². The fourth-order valence-electron chi connectivity index (χ4n) is 3.88. The maximum atomic E-state index is 12.8. The van der Waals surface area contributed by atoms with E-state index in [2.05, 4.69) is 15.6 Å². The van der Waals surface area contributed by atoms with Crippen molar-refractivity contribution in [1.29, 1.82) is 0 Å². The summed E-state index contributed by atoms with van der Waals surface area (Å²) in [6, 6.07) is 11.8. The Morgan fingerprint density at radius 2 is 1.88 bits per heavy atom. The Morgan fingerprint density at radius 3 is 2.59 bits per heavy atom. The van der Waals surface area contributed by atoms with Gasteiger partial charge in [-0.3, -0.25) is 9.69 Å². The summed E-state index contributed by atoms with van der Waals surface area (Å²) in [4.78, 5) is 32.7. The predicted molar refractivity (Wildman–Crippen MR) is 137 cm³/mol. The normalized spacial score (nSPS) is 11.0. The molecule has 0 fully saturated rings. The third-order valence-corrected chi connectivity index (χ3v) is 7.64. The fraction of sp³-hybridized carbons (Fsp3) is 0.269. The molecule has 0 aliphatic heterocycles. The van der Waals surface area contributed by atoms with Crippen LogP contribution >= 0.6 is 22.7 Å². The first-order chi connectivity index (χ1) is 16.3. The molecule has 0 saturated heterocycles. The molecule has 0 saturated carbocycles.